The third kappa shape index (κ3) is 3.70. The lowest BCUT2D eigenvalue weighted by Gasteiger charge is -2.37. The zero-order chi connectivity index (χ0) is 25.8. The maximum atomic E-state index is 14.2. The second kappa shape index (κ2) is 9.50. The second-order valence-corrected chi connectivity index (χ2v) is 12.6. The fourth-order valence-corrected chi connectivity index (χ4v) is 10.0. The number of nitrogens with zero attached hydrogens (tertiary/aromatic N) is 1. The van der Waals surface area contributed by atoms with Crippen molar-refractivity contribution in [3.8, 4) is 0 Å². The average molecular weight is 573 g/mol. The molecular weight excluding hydrogens is 542 g/mol. The molecule has 190 valence electrons. The zero-order valence-corrected chi connectivity index (χ0v) is 22.8. The molecule has 36 heavy (non-hydrogen) atoms. The summed E-state index contributed by atoms with van der Waals surface area (Å²) in [4.78, 5) is 43.0. The van der Waals surface area contributed by atoms with Crippen LogP contribution in [0.1, 0.15) is 29.2 Å². The molecule has 2 aromatic carbocycles. The van der Waals surface area contributed by atoms with Crippen LogP contribution in [-0.4, -0.2) is 62.2 Å². The average Bonchev–Trinajstić information content (AvgIpc) is 3.46. The molecule has 0 aliphatic carbocycles. The summed E-state index contributed by atoms with van der Waals surface area (Å²) >= 11 is 5.34. The van der Waals surface area contributed by atoms with Crippen LogP contribution in [0.2, 0.25) is 0 Å². The van der Waals surface area contributed by atoms with Crippen molar-refractivity contribution in [2.75, 3.05) is 19.0 Å². The molecule has 3 saturated heterocycles. The molecule has 1 spiro atoms. The highest BCUT2D eigenvalue weighted by molar-refractivity contribution is 9.09. The highest BCUT2D eigenvalue weighted by Gasteiger charge is 2.76. The third-order valence-corrected chi connectivity index (χ3v) is 11.2. The lowest BCUT2D eigenvalue weighted by Crippen LogP contribution is -2.53. The molecule has 3 amide bonds. The van der Waals surface area contributed by atoms with E-state index in [1.807, 2.05) is 62.4 Å². The molecule has 7 nitrogen and oxygen atoms in total. The van der Waals surface area contributed by atoms with Crippen LogP contribution in [-0.2, 0) is 14.4 Å². The van der Waals surface area contributed by atoms with E-state index in [4.69, 9.17) is 0 Å². The van der Waals surface area contributed by atoms with Crippen molar-refractivity contribution in [3.05, 3.63) is 65.2 Å². The van der Waals surface area contributed by atoms with Gasteiger partial charge in [0.2, 0.25) is 17.7 Å². The molecular formula is C27H30BrN3O4S. The molecule has 3 aliphatic heterocycles. The van der Waals surface area contributed by atoms with Crippen LogP contribution >= 0.6 is 27.7 Å². The first-order chi connectivity index (χ1) is 17.2. The van der Waals surface area contributed by atoms with Crippen molar-refractivity contribution in [1.29, 1.82) is 0 Å². The SMILES string of the molecule is CNC(=O)[C@H]1[C@H]2C(=O)N([C@H](CO)c3ccccc3)C(C(=O)Nc3c(C)cccc3C)C23CC(Br)[C@@H]1S3. The predicted molar refractivity (Wildman–Crippen MR) is 144 cm³/mol. The Morgan fingerprint density at radius 2 is 1.81 bits per heavy atom. The predicted octanol–water partition coefficient (Wildman–Crippen LogP) is 3.19. The maximum Gasteiger partial charge on any atom is 0.248 e. The number of aryl methyl sites for hydroxylation is 2. The summed E-state index contributed by atoms with van der Waals surface area (Å²) in [5.41, 5.74) is 3.34. The van der Waals surface area contributed by atoms with Crippen LogP contribution in [0.25, 0.3) is 0 Å². The minimum absolute atomic E-state index is 0.00593. The molecule has 2 bridgehead atoms. The van der Waals surface area contributed by atoms with Gasteiger partial charge in [-0.2, -0.15) is 0 Å². The highest BCUT2D eigenvalue weighted by Crippen LogP contribution is 2.68. The molecule has 3 N–H and O–H groups in total. The number of anilines is 1. The van der Waals surface area contributed by atoms with E-state index >= 15 is 0 Å². The Morgan fingerprint density at radius 3 is 2.42 bits per heavy atom. The van der Waals surface area contributed by atoms with Gasteiger partial charge in [-0.05, 0) is 37.0 Å². The molecule has 0 saturated carbocycles. The van der Waals surface area contributed by atoms with Crippen LogP contribution in [0.4, 0.5) is 5.69 Å². The number of aliphatic hydroxyl groups is 1. The van der Waals surface area contributed by atoms with Gasteiger partial charge in [0.25, 0.3) is 0 Å². The first-order valence-corrected chi connectivity index (χ1v) is 13.9. The van der Waals surface area contributed by atoms with E-state index < -0.39 is 28.7 Å². The number of benzene rings is 2. The van der Waals surface area contributed by atoms with Gasteiger partial charge in [0, 0.05) is 22.8 Å². The lowest BCUT2D eigenvalue weighted by atomic mass is 9.70. The summed E-state index contributed by atoms with van der Waals surface area (Å²) in [6.07, 6.45) is 0.584. The van der Waals surface area contributed by atoms with Gasteiger partial charge in [0.15, 0.2) is 0 Å². The number of thioether (sulfide) groups is 1. The molecule has 3 heterocycles. The van der Waals surface area contributed by atoms with Crippen LogP contribution in [0, 0.1) is 25.7 Å². The highest BCUT2D eigenvalue weighted by atomic mass is 79.9. The largest absolute Gasteiger partial charge is 0.394 e. The van der Waals surface area contributed by atoms with Crippen molar-refractivity contribution < 1.29 is 19.5 Å². The monoisotopic (exact) mass is 571 g/mol. The number of amides is 3. The quantitative estimate of drug-likeness (QED) is 0.462. The summed E-state index contributed by atoms with van der Waals surface area (Å²) in [5.74, 6) is -1.92. The Balaban J connectivity index is 1.63. The number of para-hydroxylation sites is 1. The number of hydrogen-bond donors (Lipinski definition) is 3. The number of rotatable bonds is 6. The molecule has 5 rings (SSSR count). The third-order valence-electron chi connectivity index (χ3n) is 7.95. The van der Waals surface area contributed by atoms with Gasteiger partial charge < -0.3 is 20.6 Å². The van der Waals surface area contributed by atoms with E-state index in [9.17, 15) is 19.5 Å². The molecule has 9 heteroatoms. The van der Waals surface area contributed by atoms with Crippen molar-refractivity contribution in [2.45, 2.75) is 47.2 Å². The number of carbonyl (C=O) groups is 3. The van der Waals surface area contributed by atoms with Crippen molar-refractivity contribution >= 4 is 51.1 Å². The smallest absolute Gasteiger partial charge is 0.248 e. The summed E-state index contributed by atoms with van der Waals surface area (Å²) in [7, 11) is 1.58. The fourth-order valence-electron chi connectivity index (χ4n) is 6.40. The van der Waals surface area contributed by atoms with Gasteiger partial charge in [-0.1, -0.05) is 64.5 Å². The summed E-state index contributed by atoms with van der Waals surface area (Å²) in [6.45, 7) is 3.55. The fraction of sp³-hybridized carbons (Fsp3) is 0.444. The van der Waals surface area contributed by atoms with Gasteiger partial charge in [-0.3, -0.25) is 14.4 Å². The van der Waals surface area contributed by atoms with Gasteiger partial charge in [0.05, 0.1) is 29.2 Å². The summed E-state index contributed by atoms with van der Waals surface area (Å²) < 4.78 is -0.782. The Morgan fingerprint density at radius 1 is 1.14 bits per heavy atom. The number of halogens is 1. The number of aliphatic hydroxyl groups excluding tert-OH is 1. The summed E-state index contributed by atoms with van der Waals surface area (Å²) in [5, 5.41) is 16.3. The molecule has 3 fully saturated rings. The van der Waals surface area contributed by atoms with Crippen molar-refractivity contribution in [3.63, 3.8) is 0 Å². The topological polar surface area (TPSA) is 98.7 Å². The number of nitrogens with one attached hydrogen (secondary N) is 2. The Bertz CT molecular complexity index is 1190. The standard InChI is InChI=1S/C27H30BrN3O4S/c1-14-8-7-9-15(2)21(14)30-25(34)23-27-12-17(28)22(36-27)19(24(33)29-3)20(27)26(35)31(23)18(13-32)16-10-5-4-6-11-16/h4-11,17-20,22-23,32H,12-13H2,1-3H3,(H,29,33)(H,30,34)/t17?,18-,19+,20+,22+,23?,27?/m1/s1. The normalized spacial score (nSPS) is 31.3. The van der Waals surface area contributed by atoms with Crippen LogP contribution in [0.3, 0.4) is 0 Å². The van der Waals surface area contributed by atoms with E-state index in [1.54, 1.807) is 23.7 Å². The first kappa shape index (κ1) is 25.3. The van der Waals surface area contributed by atoms with Crippen LogP contribution < -0.4 is 10.6 Å². The van der Waals surface area contributed by atoms with E-state index in [2.05, 4.69) is 26.6 Å². The first-order valence-electron chi connectivity index (χ1n) is 12.1. The molecule has 0 aromatic heterocycles. The number of fused-ring (bicyclic) bond motifs is 1. The summed E-state index contributed by atoms with van der Waals surface area (Å²) in [6, 6.07) is 13.6. The van der Waals surface area contributed by atoms with Crippen molar-refractivity contribution in [2.24, 2.45) is 11.8 Å². The molecule has 3 unspecified atom stereocenters. The van der Waals surface area contributed by atoms with Gasteiger partial charge >= 0.3 is 0 Å². The van der Waals surface area contributed by atoms with Gasteiger partial charge in [0.1, 0.15) is 6.04 Å². The van der Waals surface area contributed by atoms with Crippen LogP contribution in [0.5, 0.6) is 0 Å². The van der Waals surface area contributed by atoms with E-state index in [1.165, 1.54) is 0 Å². The Kier molecular flexibility index (Phi) is 6.68. The lowest BCUT2D eigenvalue weighted by molar-refractivity contribution is -0.142. The number of alkyl halides is 1. The Labute approximate surface area is 223 Å². The number of carbonyl (C=O) groups excluding carboxylic acids is 3. The minimum atomic E-state index is -0.851. The molecule has 3 aliphatic rings. The second-order valence-electron chi connectivity index (χ2n) is 9.89. The van der Waals surface area contributed by atoms with Gasteiger partial charge in [-0.25, -0.2) is 0 Å². The number of likely N-dealkylation sites (tertiary alicyclic amines) is 1. The molecule has 2 aromatic rings. The Hall–Kier alpha value is -2.36. The van der Waals surface area contributed by atoms with E-state index in [0.29, 0.717) is 6.42 Å². The van der Waals surface area contributed by atoms with Crippen LogP contribution in [0.15, 0.2) is 48.5 Å². The maximum absolute atomic E-state index is 14.2. The van der Waals surface area contributed by atoms with E-state index in [-0.39, 0.29) is 34.4 Å². The number of hydrogen-bond acceptors (Lipinski definition) is 5. The molecule has 7 atom stereocenters. The molecule has 0 radical (unpaired) electrons. The zero-order valence-electron chi connectivity index (χ0n) is 20.4. The van der Waals surface area contributed by atoms with Gasteiger partial charge in [-0.15, -0.1) is 11.8 Å². The minimum Gasteiger partial charge on any atom is -0.394 e. The van der Waals surface area contributed by atoms with E-state index in [0.717, 1.165) is 22.4 Å². The van der Waals surface area contributed by atoms with Crippen molar-refractivity contribution in [1.82, 2.24) is 10.2 Å².